The molecule has 2 heterocycles. The summed E-state index contributed by atoms with van der Waals surface area (Å²) in [4.78, 5) is 15.2. The maximum atomic E-state index is 11.0. The number of carboxylic acid groups (broad SMARTS) is 1. The second-order valence-corrected chi connectivity index (χ2v) is 3.85. The summed E-state index contributed by atoms with van der Waals surface area (Å²) in [6.07, 6.45) is 4.11. The summed E-state index contributed by atoms with van der Waals surface area (Å²) in [6, 6.07) is 5.52. The van der Waals surface area contributed by atoms with E-state index in [1.54, 1.807) is 6.07 Å². The second kappa shape index (κ2) is 3.79. The molecule has 84 valence electrons. The minimum atomic E-state index is -0.953. The summed E-state index contributed by atoms with van der Waals surface area (Å²) in [5.41, 5.74) is 0.851. The van der Waals surface area contributed by atoms with E-state index in [0.29, 0.717) is 11.4 Å². The van der Waals surface area contributed by atoms with Crippen LogP contribution in [0.2, 0.25) is 0 Å². The molecule has 0 amide bonds. The Morgan fingerprint density at radius 1 is 1.44 bits per heavy atom. The van der Waals surface area contributed by atoms with Crippen LogP contribution in [0, 0.1) is 0 Å². The van der Waals surface area contributed by atoms with Crippen LogP contribution >= 0.6 is 12.4 Å². The number of nitrogens with zero attached hydrogens (tertiary/aromatic N) is 2. The van der Waals surface area contributed by atoms with Crippen molar-refractivity contribution in [2.45, 2.75) is 18.8 Å². The highest BCUT2D eigenvalue weighted by molar-refractivity contribution is 5.93. The molecule has 1 aliphatic rings. The summed E-state index contributed by atoms with van der Waals surface area (Å²) in [7, 11) is 0. The third-order valence-electron chi connectivity index (χ3n) is 2.72. The van der Waals surface area contributed by atoms with E-state index in [9.17, 15) is 4.79 Å². The van der Waals surface area contributed by atoms with E-state index >= 15 is 0 Å². The van der Waals surface area contributed by atoms with Gasteiger partial charge in [0.15, 0.2) is 5.69 Å². The van der Waals surface area contributed by atoms with Gasteiger partial charge >= 0.3 is 5.97 Å². The Balaban J connectivity index is 0.000000963. The highest BCUT2D eigenvalue weighted by atomic mass is 35.5. The Kier molecular flexibility index (Phi) is 2.59. The Morgan fingerprint density at radius 3 is 2.81 bits per heavy atom. The van der Waals surface area contributed by atoms with Crippen molar-refractivity contribution in [2.24, 2.45) is 0 Å². The molecular weight excluding hydrogens is 228 g/mol. The van der Waals surface area contributed by atoms with Gasteiger partial charge in [-0.2, -0.15) is 0 Å². The first-order chi connectivity index (χ1) is 7.27. The fourth-order valence-corrected chi connectivity index (χ4v) is 1.85. The van der Waals surface area contributed by atoms with Crippen molar-refractivity contribution in [3.8, 4) is 0 Å². The van der Waals surface area contributed by atoms with Crippen molar-refractivity contribution < 1.29 is 9.90 Å². The fraction of sp³-hybridized carbons (Fsp3) is 0.273. The molecule has 2 aromatic heterocycles. The van der Waals surface area contributed by atoms with Gasteiger partial charge < -0.3 is 9.51 Å². The summed E-state index contributed by atoms with van der Waals surface area (Å²) < 4.78 is 1.89. The zero-order valence-electron chi connectivity index (χ0n) is 8.46. The number of fused-ring (bicyclic) bond motifs is 1. The Labute approximate surface area is 98.3 Å². The first kappa shape index (κ1) is 11.0. The van der Waals surface area contributed by atoms with Crippen LogP contribution in [0.4, 0.5) is 0 Å². The van der Waals surface area contributed by atoms with Crippen molar-refractivity contribution in [2.75, 3.05) is 0 Å². The van der Waals surface area contributed by atoms with E-state index in [1.807, 2.05) is 22.7 Å². The molecule has 0 aliphatic heterocycles. The molecule has 0 unspecified atom stereocenters. The molecule has 1 fully saturated rings. The quantitative estimate of drug-likeness (QED) is 0.874. The summed E-state index contributed by atoms with van der Waals surface area (Å²) in [5, 5.41) is 9.02. The second-order valence-electron chi connectivity index (χ2n) is 3.85. The van der Waals surface area contributed by atoms with E-state index in [-0.39, 0.29) is 18.1 Å². The first-order valence-corrected chi connectivity index (χ1v) is 4.97. The van der Waals surface area contributed by atoms with Crippen LogP contribution in [0.5, 0.6) is 0 Å². The molecule has 0 spiro atoms. The number of hydrogen-bond acceptors (Lipinski definition) is 2. The van der Waals surface area contributed by atoms with Crippen LogP contribution in [0.1, 0.15) is 35.1 Å². The van der Waals surface area contributed by atoms with Gasteiger partial charge in [0.25, 0.3) is 0 Å². The number of aromatic carboxylic acids is 1. The van der Waals surface area contributed by atoms with Crippen molar-refractivity contribution in [3.63, 3.8) is 0 Å². The molecule has 4 nitrogen and oxygen atoms in total. The first-order valence-electron chi connectivity index (χ1n) is 4.97. The normalized spacial score (nSPS) is 14.8. The summed E-state index contributed by atoms with van der Waals surface area (Å²) in [6.45, 7) is 0. The number of hydrogen-bond donors (Lipinski definition) is 1. The zero-order chi connectivity index (χ0) is 10.4. The van der Waals surface area contributed by atoms with Gasteiger partial charge in [0.2, 0.25) is 0 Å². The summed E-state index contributed by atoms with van der Waals surface area (Å²) in [5.74, 6) is 0.390. The van der Waals surface area contributed by atoms with Gasteiger partial charge in [-0.05, 0) is 25.0 Å². The van der Waals surface area contributed by atoms with E-state index in [1.165, 1.54) is 0 Å². The lowest BCUT2D eigenvalue weighted by atomic mass is 10.3. The third kappa shape index (κ3) is 1.55. The zero-order valence-corrected chi connectivity index (χ0v) is 9.28. The molecule has 0 aromatic carbocycles. The molecule has 2 aromatic rings. The SMILES string of the molecule is Cl.O=C(O)c1nc(C2CC2)n2ccccc12. The number of carboxylic acids is 1. The van der Waals surface area contributed by atoms with E-state index in [2.05, 4.69) is 4.98 Å². The largest absolute Gasteiger partial charge is 0.476 e. The van der Waals surface area contributed by atoms with Crippen LogP contribution in [-0.4, -0.2) is 20.5 Å². The maximum absolute atomic E-state index is 11.0. The molecule has 1 N–H and O–H groups in total. The van der Waals surface area contributed by atoms with Gasteiger partial charge in [-0.1, -0.05) is 6.07 Å². The van der Waals surface area contributed by atoms with Crippen LogP contribution in [0.3, 0.4) is 0 Å². The van der Waals surface area contributed by atoms with Crippen LogP contribution < -0.4 is 0 Å². The number of carbonyl (C=O) groups is 1. The molecule has 0 saturated heterocycles. The van der Waals surface area contributed by atoms with Gasteiger partial charge in [0.1, 0.15) is 5.82 Å². The Bertz CT molecular complexity index is 546. The molecule has 1 aliphatic carbocycles. The minimum absolute atomic E-state index is 0. The van der Waals surface area contributed by atoms with Crippen LogP contribution in [-0.2, 0) is 0 Å². The van der Waals surface area contributed by atoms with Gasteiger partial charge in [-0.25, -0.2) is 9.78 Å². The highest BCUT2D eigenvalue weighted by Crippen LogP contribution is 2.39. The third-order valence-corrected chi connectivity index (χ3v) is 2.72. The minimum Gasteiger partial charge on any atom is -0.476 e. The lowest BCUT2D eigenvalue weighted by molar-refractivity contribution is 0.0693. The van der Waals surface area contributed by atoms with Crippen molar-refractivity contribution in [1.29, 1.82) is 0 Å². The number of imidazole rings is 1. The van der Waals surface area contributed by atoms with Gasteiger partial charge in [0.05, 0.1) is 5.52 Å². The summed E-state index contributed by atoms with van der Waals surface area (Å²) >= 11 is 0. The van der Waals surface area contributed by atoms with E-state index in [0.717, 1.165) is 18.7 Å². The molecule has 3 rings (SSSR count). The lowest BCUT2D eigenvalue weighted by Crippen LogP contribution is -1.97. The predicted molar refractivity (Wildman–Crippen MR) is 61.4 cm³/mol. The number of aromatic nitrogens is 2. The molecular formula is C11H11ClN2O2. The average Bonchev–Trinajstić information content (AvgIpc) is 2.99. The highest BCUT2D eigenvalue weighted by Gasteiger charge is 2.30. The van der Waals surface area contributed by atoms with Crippen LogP contribution in [0.25, 0.3) is 5.52 Å². The standard InChI is InChI=1S/C11H10N2O2.ClH/c14-11(15)9-8-3-1-2-6-13(8)10(12-9)7-4-5-7;/h1-3,6-7H,4-5H2,(H,14,15);1H. The maximum Gasteiger partial charge on any atom is 0.356 e. The molecule has 0 atom stereocenters. The van der Waals surface area contributed by atoms with Crippen molar-refractivity contribution >= 4 is 23.9 Å². The molecule has 0 radical (unpaired) electrons. The molecule has 1 saturated carbocycles. The predicted octanol–water partition coefficient (Wildman–Crippen LogP) is 2.33. The fourth-order valence-electron chi connectivity index (χ4n) is 1.85. The van der Waals surface area contributed by atoms with Crippen LogP contribution in [0.15, 0.2) is 24.4 Å². The average molecular weight is 239 g/mol. The van der Waals surface area contributed by atoms with E-state index in [4.69, 9.17) is 5.11 Å². The molecule has 0 bridgehead atoms. The van der Waals surface area contributed by atoms with Gasteiger partial charge in [-0.3, -0.25) is 0 Å². The van der Waals surface area contributed by atoms with Crippen molar-refractivity contribution in [3.05, 3.63) is 35.9 Å². The topological polar surface area (TPSA) is 54.6 Å². The lowest BCUT2D eigenvalue weighted by Gasteiger charge is -1.96. The van der Waals surface area contributed by atoms with Gasteiger partial charge in [-0.15, -0.1) is 12.4 Å². The number of pyridine rings is 1. The molecule has 16 heavy (non-hydrogen) atoms. The Hall–Kier alpha value is -1.55. The number of rotatable bonds is 2. The Morgan fingerprint density at radius 2 is 2.19 bits per heavy atom. The monoisotopic (exact) mass is 238 g/mol. The van der Waals surface area contributed by atoms with Gasteiger partial charge in [0, 0.05) is 12.1 Å². The molecule has 5 heteroatoms. The number of halogens is 1. The van der Waals surface area contributed by atoms with Crippen molar-refractivity contribution in [1.82, 2.24) is 9.38 Å². The van der Waals surface area contributed by atoms with E-state index < -0.39 is 5.97 Å². The smallest absolute Gasteiger partial charge is 0.356 e.